The lowest BCUT2D eigenvalue weighted by Gasteiger charge is -2.07. The average molecular weight is 232 g/mol. The molecule has 0 saturated carbocycles. The highest BCUT2D eigenvalue weighted by Crippen LogP contribution is 2.15. The van der Waals surface area contributed by atoms with Gasteiger partial charge in [0.15, 0.2) is 5.82 Å². The van der Waals surface area contributed by atoms with E-state index in [-0.39, 0.29) is 12.4 Å². The summed E-state index contributed by atoms with van der Waals surface area (Å²) >= 11 is 0. The van der Waals surface area contributed by atoms with Gasteiger partial charge in [-0.2, -0.15) is 5.10 Å². The molecule has 1 rings (SSSR count). The van der Waals surface area contributed by atoms with Gasteiger partial charge in [0.2, 0.25) is 0 Å². The summed E-state index contributed by atoms with van der Waals surface area (Å²) in [6, 6.07) is 0.434. The molecular weight excluding hydrogens is 210 g/mol. The Morgan fingerprint density at radius 2 is 1.93 bits per heavy atom. The molecule has 1 N–H and O–H groups in total. The Morgan fingerprint density at radius 3 is 2.33 bits per heavy atom. The first-order valence-electron chi connectivity index (χ1n) is 5.30. The topological polar surface area (TPSA) is 29.9 Å². The number of anilines is 1. The molecule has 0 aliphatic carbocycles. The highest BCUT2D eigenvalue weighted by molar-refractivity contribution is 5.85. The lowest BCUT2D eigenvalue weighted by Crippen LogP contribution is -2.10. The quantitative estimate of drug-likeness (QED) is 0.862. The standard InChI is InChI=1S/C11H21N3.ClH/c1-8(2)6-12-11-10(5)7-14(13-11)9(3)4;/h7-9H,6H2,1-5H3,(H,12,13);1H. The molecule has 0 aliphatic heterocycles. The lowest BCUT2D eigenvalue weighted by atomic mass is 10.2. The van der Waals surface area contributed by atoms with Crippen molar-refractivity contribution in [3.63, 3.8) is 0 Å². The second-order valence-corrected chi connectivity index (χ2v) is 4.51. The minimum absolute atomic E-state index is 0. The van der Waals surface area contributed by atoms with Crippen molar-refractivity contribution < 1.29 is 0 Å². The van der Waals surface area contributed by atoms with Gasteiger partial charge in [-0.15, -0.1) is 12.4 Å². The second kappa shape index (κ2) is 6.01. The van der Waals surface area contributed by atoms with Crippen molar-refractivity contribution in [2.45, 2.75) is 40.7 Å². The molecule has 0 aliphatic rings. The molecule has 3 nitrogen and oxygen atoms in total. The molecule has 88 valence electrons. The van der Waals surface area contributed by atoms with Crippen LogP contribution in [0.3, 0.4) is 0 Å². The van der Waals surface area contributed by atoms with Crippen molar-refractivity contribution in [2.75, 3.05) is 11.9 Å². The summed E-state index contributed by atoms with van der Waals surface area (Å²) in [5.74, 6) is 1.67. The van der Waals surface area contributed by atoms with Crippen LogP contribution in [0.25, 0.3) is 0 Å². The fraction of sp³-hybridized carbons (Fsp3) is 0.727. The number of nitrogens with one attached hydrogen (secondary N) is 1. The van der Waals surface area contributed by atoms with E-state index in [1.807, 2.05) is 4.68 Å². The number of aryl methyl sites for hydroxylation is 1. The molecule has 15 heavy (non-hydrogen) atoms. The van der Waals surface area contributed by atoms with Crippen molar-refractivity contribution in [1.29, 1.82) is 0 Å². The van der Waals surface area contributed by atoms with Gasteiger partial charge in [0.05, 0.1) is 0 Å². The van der Waals surface area contributed by atoms with Crippen LogP contribution in [0.15, 0.2) is 6.20 Å². The van der Waals surface area contributed by atoms with Gasteiger partial charge in [0.1, 0.15) is 0 Å². The molecule has 0 aromatic carbocycles. The summed E-state index contributed by atoms with van der Waals surface area (Å²) in [4.78, 5) is 0. The molecule has 1 aromatic heterocycles. The van der Waals surface area contributed by atoms with E-state index in [2.05, 4.69) is 51.2 Å². The molecule has 0 fully saturated rings. The van der Waals surface area contributed by atoms with Gasteiger partial charge in [0, 0.05) is 24.3 Å². The Labute approximate surface area is 98.7 Å². The molecule has 0 bridgehead atoms. The lowest BCUT2D eigenvalue weighted by molar-refractivity contribution is 0.533. The van der Waals surface area contributed by atoms with Gasteiger partial charge >= 0.3 is 0 Å². The van der Waals surface area contributed by atoms with E-state index < -0.39 is 0 Å². The number of halogens is 1. The predicted molar refractivity (Wildman–Crippen MR) is 67.9 cm³/mol. The summed E-state index contributed by atoms with van der Waals surface area (Å²) in [7, 11) is 0. The number of nitrogens with zero attached hydrogens (tertiary/aromatic N) is 2. The van der Waals surface area contributed by atoms with Crippen molar-refractivity contribution in [3.8, 4) is 0 Å². The maximum Gasteiger partial charge on any atom is 0.150 e. The molecule has 1 aromatic rings. The second-order valence-electron chi connectivity index (χ2n) is 4.51. The van der Waals surface area contributed by atoms with Crippen LogP contribution in [0.5, 0.6) is 0 Å². The fourth-order valence-corrected chi connectivity index (χ4v) is 1.22. The molecule has 0 spiro atoms. The van der Waals surface area contributed by atoms with E-state index in [4.69, 9.17) is 0 Å². The van der Waals surface area contributed by atoms with Gasteiger partial charge in [-0.25, -0.2) is 0 Å². The fourth-order valence-electron chi connectivity index (χ4n) is 1.22. The van der Waals surface area contributed by atoms with E-state index >= 15 is 0 Å². The zero-order valence-electron chi connectivity index (χ0n) is 10.2. The first-order valence-corrected chi connectivity index (χ1v) is 5.30. The molecule has 1 heterocycles. The SMILES string of the molecule is Cc1cn(C(C)C)nc1NCC(C)C.Cl. The highest BCUT2D eigenvalue weighted by Gasteiger charge is 2.06. The van der Waals surface area contributed by atoms with Crippen LogP contribution in [0.1, 0.15) is 39.3 Å². The molecule has 0 saturated heterocycles. The Morgan fingerprint density at radius 1 is 1.33 bits per heavy atom. The van der Waals surface area contributed by atoms with Gasteiger partial charge in [-0.3, -0.25) is 4.68 Å². The number of hydrogen-bond acceptors (Lipinski definition) is 2. The maximum absolute atomic E-state index is 4.49. The van der Waals surface area contributed by atoms with Crippen LogP contribution in [0.4, 0.5) is 5.82 Å². The zero-order chi connectivity index (χ0) is 10.7. The van der Waals surface area contributed by atoms with E-state index in [1.54, 1.807) is 0 Å². The zero-order valence-corrected chi connectivity index (χ0v) is 11.1. The van der Waals surface area contributed by atoms with Crippen LogP contribution in [-0.4, -0.2) is 16.3 Å². The summed E-state index contributed by atoms with van der Waals surface area (Å²) in [6.07, 6.45) is 2.09. The third kappa shape index (κ3) is 4.12. The normalized spacial score (nSPS) is 10.6. The number of aromatic nitrogens is 2. The monoisotopic (exact) mass is 231 g/mol. The molecule has 0 radical (unpaired) electrons. The van der Waals surface area contributed by atoms with Crippen LogP contribution in [-0.2, 0) is 0 Å². The van der Waals surface area contributed by atoms with Gasteiger partial charge in [0.25, 0.3) is 0 Å². The molecule has 0 atom stereocenters. The summed E-state index contributed by atoms with van der Waals surface area (Å²) in [5, 5.41) is 7.84. The largest absolute Gasteiger partial charge is 0.368 e. The molecule has 0 unspecified atom stereocenters. The molecular formula is C11H22ClN3. The van der Waals surface area contributed by atoms with E-state index in [1.165, 1.54) is 5.56 Å². The van der Waals surface area contributed by atoms with Gasteiger partial charge < -0.3 is 5.32 Å². The van der Waals surface area contributed by atoms with Crippen molar-refractivity contribution in [3.05, 3.63) is 11.8 Å². The highest BCUT2D eigenvalue weighted by atomic mass is 35.5. The first kappa shape index (κ1) is 14.3. The summed E-state index contributed by atoms with van der Waals surface area (Å²) in [6.45, 7) is 11.7. The van der Waals surface area contributed by atoms with Gasteiger partial charge in [-0.05, 0) is 26.7 Å². The van der Waals surface area contributed by atoms with Crippen LogP contribution in [0.2, 0.25) is 0 Å². The Bertz CT molecular complexity index is 292. The third-order valence-electron chi connectivity index (χ3n) is 2.12. The van der Waals surface area contributed by atoms with Crippen LogP contribution < -0.4 is 5.32 Å². The minimum atomic E-state index is 0. The minimum Gasteiger partial charge on any atom is -0.368 e. The molecule has 4 heteroatoms. The van der Waals surface area contributed by atoms with Crippen LogP contribution in [0, 0.1) is 12.8 Å². The number of rotatable bonds is 4. The Hall–Kier alpha value is -0.700. The first-order chi connectivity index (χ1) is 6.50. The van der Waals surface area contributed by atoms with Crippen molar-refractivity contribution >= 4 is 18.2 Å². The average Bonchev–Trinajstić information content (AvgIpc) is 2.43. The number of hydrogen-bond donors (Lipinski definition) is 1. The predicted octanol–water partition coefficient (Wildman–Crippen LogP) is 3.26. The smallest absolute Gasteiger partial charge is 0.150 e. The summed E-state index contributed by atoms with van der Waals surface area (Å²) < 4.78 is 2.00. The van der Waals surface area contributed by atoms with Crippen LogP contribution >= 0.6 is 12.4 Å². The summed E-state index contributed by atoms with van der Waals surface area (Å²) in [5.41, 5.74) is 1.22. The van der Waals surface area contributed by atoms with Crippen molar-refractivity contribution in [2.24, 2.45) is 5.92 Å². The Kier molecular flexibility index (Phi) is 5.73. The van der Waals surface area contributed by atoms with E-state index in [0.29, 0.717) is 12.0 Å². The Balaban J connectivity index is 0.00000196. The van der Waals surface area contributed by atoms with E-state index in [0.717, 1.165) is 12.4 Å². The molecule has 0 amide bonds. The maximum atomic E-state index is 4.49. The third-order valence-corrected chi connectivity index (χ3v) is 2.12. The van der Waals surface area contributed by atoms with Gasteiger partial charge in [-0.1, -0.05) is 13.8 Å². The van der Waals surface area contributed by atoms with Crippen molar-refractivity contribution in [1.82, 2.24) is 9.78 Å². The van der Waals surface area contributed by atoms with E-state index in [9.17, 15) is 0 Å².